The summed E-state index contributed by atoms with van der Waals surface area (Å²) >= 11 is 0. The zero-order chi connectivity index (χ0) is 17.8. The second-order valence-electron chi connectivity index (χ2n) is 5.34. The summed E-state index contributed by atoms with van der Waals surface area (Å²) in [6.45, 7) is 3.91. The summed E-state index contributed by atoms with van der Waals surface area (Å²) in [5.41, 5.74) is 1.28. The standard InChI is InChI=1S/C19H19N3O3/c1-13-16(19(23)22(21-13)14-7-5-4-6-8-14)12-20-17-10-9-15(24-2)11-18(17)25-3/h4-12,20-21H,1H2,2-3H3/b16-12-. The van der Waals surface area contributed by atoms with E-state index in [1.54, 1.807) is 26.5 Å². The zero-order valence-electron chi connectivity index (χ0n) is 14.1. The number of benzene rings is 2. The Kier molecular flexibility index (Phi) is 4.61. The number of hydrogen-bond donors (Lipinski definition) is 2. The number of methoxy groups -OCH3 is 2. The molecule has 0 spiro atoms. The minimum absolute atomic E-state index is 0.184. The molecule has 3 aromatic rings. The maximum atomic E-state index is 12.6. The minimum atomic E-state index is -0.184. The van der Waals surface area contributed by atoms with E-state index in [0.717, 1.165) is 11.4 Å². The Hall–Kier alpha value is -3.41. The third-order valence-electron chi connectivity index (χ3n) is 3.80. The van der Waals surface area contributed by atoms with Gasteiger partial charge in [0.1, 0.15) is 11.5 Å². The molecule has 0 saturated carbocycles. The van der Waals surface area contributed by atoms with Gasteiger partial charge in [-0.25, -0.2) is 4.68 Å². The van der Waals surface area contributed by atoms with Crippen molar-refractivity contribution in [2.45, 2.75) is 0 Å². The van der Waals surface area contributed by atoms with Gasteiger partial charge in [0.05, 0.1) is 36.2 Å². The van der Waals surface area contributed by atoms with E-state index in [9.17, 15) is 4.79 Å². The topological polar surface area (TPSA) is 68.3 Å². The molecule has 0 radical (unpaired) electrons. The zero-order valence-corrected chi connectivity index (χ0v) is 14.1. The van der Waals surface area contributed by atoms with Gasteiger partial charge in [-0.2, -0.15) is 0 Å². The van der Waals surface area contributed by atoms with Crippen LogP contribution in [-0.2, 0) is 0 Å². The van der Waals surface area contributed by atoms with E-state index in [4.69, 9.17) is 9.47 Å². The van der Waals surface area contributed by atoms with Crippen molar-refractivity contribution < 1.29 is 9.47 Å². The SMILES string of the molecule is C=c1[nH]n(-c2ccccc2)c(=O)/c1=C\Nc1ccc(OC)cc1OC. The van der Waals surface area contributed by atoms with Crippen LogP contribution < -0.4 is 30.9 Å². The maximum Gasteiger partial charge on any atom is 0.280 e. The second kappa shape index (κ2) is 7.00. The number of anilines is 1. The lowest BCUT2D eigenvalue weighted by Gasteiger charge is -2.09. The van der Waals surface area contributed by atoms with Gasteiger partial charge in [0.2, 0.25) is 0 Å². The van der Waals surface area contributed by atoms with Crippen LogP contribution in [0.1, 0.15) is 0 Å². The van der Waals surface area contributed by atoms with Crippen LogP contribution in [-0.4, -0.2) is 24.0 Å². The normalized spacial score (nSPS) is 11.4. The summed E-state index contributed by atoms with van der Waals surface area (Å²) in [6.07, 6.45) is 1.62. The summed E-state index contributed by atoms with van der Waals surface area (Å²) in [4.78, 5) is 12.6. The number of ether oxygens (including phenoxy) is 2. The van der Waals surface area contributed by atoms with Gasteiger partial charge >= 0.3 is 0 Å². The van der Waals surface area contributed by atoms with Crippen LogP contribution in [0.3, 0.4) is 0 Å². The number of nitrogens with one attached hydrogen (secondary N) is 2. The number of rotatable bonds is 5. The first-order valence-corrected chi connectivity index (χ1v) is 7.68. The molecule has 0 fully saturated rings. The Morgan fingerprint density at radius 1 is 1.12 bits per heavy atom. The maximum absolute atomic E-state index is 12.6. The lowest BCUT2D eigenvalue weighted by molar-refractivity contribution is 0.395. The van der Waals surface area contributed by atoms with E-state index < -0.39 is 0 Å². The third-order valence-corrected chi connectivity index (χ3v) is 3.80. The molecule has 0 unspecified atom stereocenters. The molecule has 6 heteroatoms. The molecule has 1 heterocycles. The van der Waals surface area contributed by atoms with Crippen LogP contribution in [0, 0.1) is 0 Å². The number of hydrogen-bond acceptors (Lipinski definition) is 4. The molecule has 0 bridgehead atoms. The van der Waals surface area contributed by atoms with Crippen LogP contribution >= 0.6 is 0 Å². The highest BCUT2D eigenvalue weighted by Crippen LogP contribution is 2.28. The number of para-hydroxylation sites is 1. The summed E-state index contributed by atoms with van der Waals surface area (Å²) in [5, 5.41) is 7.05. The molecule has 0 atom stereocenters. The summed E-state index contributed by atoms with van der Waals surface area (Å²) in [6, 6.07) is 14.7. The molecule has 0 aliphatic carbocycles. The number of nitrogens with zero attached hydrogens (tertiary/aromatic N) is 1. The minimum Gasteiger partial charge on any atom is -0.497 e. The second-order valence-corrected chi connectivity index (χ2v) is 5.34. The van der Waals surface area contributed by atoms with Gasteiger partial charge in [0.15, 0.2) is 0 Å². The fourth-order valence-corrected chi connectivity index (χ4v) is 2.47. The average Bonchev–Trinajstić information content (AvgIpc) is 2.94. The lowest BCUT2D eigenvalue weighted by Crippen LogP contribution is -2.34. The molecule has 6 nitrogen and oxygen atoms in total. The van der Waals surface area contributed by atoms with Crippen LogP contribution in [0.4, 0.5) is 5.69 Å². The Balaban J connectivity index is 2.00. The van der Waals surface area contributed by atoms with Gasteiger partial charge in [0.25, 0.3) is 5.56 Å². The predicted molar refractivity (Wildman–Crippen MR) is 98.8 cm³/mol. The highest BCUT2D eigenvalue weighted by atomic mass is 16.5. The molecule has 0 aliphatic rings. The molecule has 128 valence electrons. The van der Waals surface area contributed by atoms with Crippen molar-refractivity contribution in [1.82, 2.24) is 9.78 Å². The lowest BCUT2D eigenvalue weighted by atomic mass is 10.2. The van der Waals surface area contributed by atoms with Crippen molar-refractivity contribution in [3.05, 3.63) is 69.5 Å². The number of aromatic nitrogens is 2. The largest absolute Gasteiger partial charge is 0.497 e. The third kappa shape index (κ3) is 3.28. The van der Waals surface area contributed by atoms with Crippen molar-refractivity contribution >= 4 is 18.5 Å². The van der Waals surface area contributed by atoms with Crippen molar-refractivity contribution in [1.29, 1.82) is 0 Å². The first-order valence-electron chi connectivity index (χ1n) is 7.68. The van der Waals surface area contributed by atoms with E-state index in [1.807, 2.05) is 42.5 Å². The van der Waals surface area contributed by atoms with E-state index in [2.05, 4.69) is 17.0 Å². The van der Waals surface area contributed by atoms with Gasteiger partial charge in [-0.05, 0) is 24.3 Å². The molecule has 0 amide bonds. The molecular weight excluding hydrogens is 318 g/mol. The molecule has 2 N–H and O–H groups in total. The van der Waals surface area contributed by atoms with E-state index in [1.165, 1.54) is 4.68 Å². The van der Waals surface area contributed by atoms with E-state index in [-0.39, 0.29) is 5.56 Å². The Labute approximate surface area is 144 Å². The van der Waals surface area contributed by atoms with Crippen LogP contribution in [0.2, 0.25) is 0 Å². The van der Waals surface area contributed by atoms with Gasteiger partial charge in [-0.15, -0.1) is 0 Å². The monoisotopic (exact) mass is 337 g/mol. The number of H-pyrrole nitrogens is 1. The Bertz CT molecular complexity index is 1040. The van der Waals surface area contributed by atoms with E-state index in [0.29, 0.717) is 22.1 Å². The van der Waals surface area contributed by atoms with E-state index >= 15 is 0 Å². The van der Waals surface area contributed by atoms with Crippen molar-refractivity contribution in [2.24, 2.45) is 0 Å². The van der Waals surface area contributed by atoms with Crippen LogP contribution in [0.5, 0.6) is 11.5 Å². The predicted octanol–water partition coefficient (Wildman–Crippen LogP) is 1.44. The summed E-state index contributed by atoms with van der Waals surface area (Å²) < 4.78 is 12.0. The smallest absolute Gasteiger partial charge is 0.280 e. The van der Waals surface area contributed by atoms with Crippen molar-refractivity contribution in [2.75, 3.05) is 19.5 Å². The quantitative estimate of drug-likeness (QED) is 0.739. The summed E-state index contributed by atoms with van der Waals surface area (Å²) in [5.74, 6) is 1.30. The average molecular weight is 337 g/mol. The van der Waals surface area contributed by atoms with Gasteiger partial charge in [-0.3, -0.25) is 9.89 Å². The van der Waals surface area contributed by atoms with Crippen LogP contribution in [0.25, 0.3) is 18.5 Å². The molecule has 3 rings (SSSR count). The molecular formula is C19H19N3O3. The summed E-state index contributed by atoms with van der Waals surface area (Å²) in [7, 11) is 3.17. The fourth-order valence-electron chi connectivity index (χ4n) is 2.47. The molecule has 2 aromatic carbocycles. The van der Waals surface area contributed by atoms with Gasteiger partial charge < -0.3 is 14.8 Å². The first-order chi connectivity index (χ1) is 12.1. The first kappa shape index (κ1) is 16.4. The molecule has 0 saturated heterocycles. The number of aromatic amines is 1. The Morgan fingerprint density at radius 3 is 2.56 bits per heavy atom. The molecule has 1 aromatic heterocycles. The van der Waals surface area contributed by atoms with Gasteiger partial charge in [-0.1, -0.05) is 24.8 Å². The highest BCUT2D eigenvalue weighted by Gasteiger charge is 2.06. The Morgan fingerprint density at radius 2 is 1.88 bits per heavy atom. The fraction of sp³-hybridized carbons (Fsp3) is 0.105. The van der Waals surface area contributed by atoms with Crippen molar-refractivity contribution in [3.63, 3.8) is 0 Å². The van der Waals surface area contributed by atoms with Crippen LogP contribution in [0.15, 0.2) is 53.3 Å². The molecule has 0 aliphatic heterocycles. The van der Waals surface area contributed by atoms with Gasteiger partial charge in [0, 0.05) is 12.3 Å². The molecule has 25 heavy (non-hydrogen) atoms. The van der Waals surface area contributed by atoms with Crippen molar-refractivity contribution in [3.8, 4) is 17.2 Å². The highest BCUT2D eigenvalue weighted by molar-refractivity contribution is 5.65.